The van der Waals surface area contributed by atoms with Crippen molar-refractivity contribution in [2.45, 2.75) is 32.5 Å². The quantitative estimate of drug-likeness (QED) is 0.797. The Balaban J connectivity index is 0.000000260. The number of hydrogen-bond donors (Lipinski definition) is 2. The van der Waals surface area contributed by atoms with Crippen LogP contribution in [0.5, 0.6) is 0 Å². The number of thiophene rings is 1. The largest absolute Gasteiger partial charge is 0.478 e. The van der Waals surface area contributed by atoms with E-state index in [1.54, 1.807) is 12.1 Å². The van der Waals surface area contributed by atoms with Crippen molar-refractivity contribution in [3.05, 3.63) is 69.7 Å². The summed E-state index contributed by atoms with van der Waals surface area (Å²) in [4.78, 5) is 23.0. The molecule has 1 aromatic heterocycles. The number of carboxylic acids is 2. The van der Waals surface area contributed by atoms with Crippen LogP contribution in [0.2, 0.25) is 0 Å². The zero-order valence-corrected chi connectivity index (χ0v) is 15.1. The Morgan fingerprint density at radius 1 is 1.23 bits per heavy atom. The minimum atomic E-state index is -1.26. The number of halogens is 1. The maximum Gasteiger partial charge on any atom is 0.328 e. The van der Waals surface area contributed by atoms with E-state index in [1.165, 1.54) is 10.4 Å². The molecule has 1 aliphatic heterocycles. The van der Waals surface area contributed by atoms with Crippen molar-refractivity contribution >= 4 is 23.3 Å². The number of carboxylic acid groups (broad SMARTS) is 2. The monoisotopic (exact) mass is 377 g/mol. The normalized spacial score (nSPS) is 16.6. The van der Waals surface area contributed by atoms with Crippen LogP contribution in [0.1, 0.15) is 22.9 Å². The SMILES string of the molecule is CC1Cc2sccc2CN1Cc1ccccc1F.O=C(O)/C=C\C(=O)O. The van der Waals surface area contributed by atoms with Gasteiger partial charge >= 0.3 is 11.9 Å². The lowest BCUT2D eigenvalue weighted by molar-refractivity contribution is -0.134. The van der Waals surface area contributed by atoms with Gasteiger partial charge in [-0.05, 0) is 36.4 Å². The van der Waals surface area contributed by atoms with Crippen LogP contribution in [0.3, 0.4) is 0 Å². The van der Waals surface area contributed by atoms with Gasteiger partial charge in [0.05, 0.1) is 0 Å². The second kappa shape index (κ2) is 9.26. The molecule has 138 valence electrons. The summed E-state index contributed by atoms with van der Waals surface area (Å²) in [5, 5.41) is 17.8. The number of benzene rings is 1. The standard InChI is InChI=1S/C15H16FNS.C4H4O4/c1-11-8-15-13(6-7-18-15)10-17(11)9-12-4-2-3-5-14(12)16;5-3(6)1-2-4(7)8/h2-7,11H,8-10H2,1H3;1-2H,(H,5,6)(H,7,8)/b;2-1-. The second-order valence-corrected chi connectivity index (χ2v) is 6.93. The third-order valence-electron chi connectivity index (χ3n) is 4.02. The summed E-state index contributed by atoms with van der Waals surface area (Å²) < 4.78 is 13.7. The zero-order chi connectivity index (χ0) is 19.1. The van der Waals surface area contributed by atoms with Crippen LogP contribution in [-0.4, -0.2) is 33.1 Å². The molecule has 1 unspecified atom stereocenters. The minimum absolute atomic E-state index is 0.0965. The first-order valence-corrected chi connectivity index (χ1v) is 8.91. The van der Waals surface area contributed by atoms with E-state index in [4.69, 9.17) is 10.2 Å². The van der Waals surface area contributed by atoms with Gasteiger partial charge in [0.15, 0.2) is 0 Å². The van der Waals surface area contributed by atoms with Crippen LogP contribution in [0.25, 0.3) is 0 Å². The van der Waals surface area contributed by atoms with Crippen molar-refractivity contribution in [1.82, 2.24) is 4.90 Å². The Morgan fingerprint density at radius 2 is 1.88 bits per heavy atom. The molecule has 0 aliphatic carbocycles. The van der Waals surface area contributed by atoms with Crippen LogP contribution < -0.4 is 0 Å². The third kappa shape index (κ3) is 5.79. The van der Waals surface area contributed by atoms with E-state index in [2.05, 4.69) is 23.3 Å². The molecule has 26 heavy (non-hydrogen) atoms. The maximum absolute atomic E-state index is 13.7. The highest BCUT2D eigenvalue weighted by atomic mass is 32.1. The molecule has 2 aromatic rings. The Hall–Kier alpha value is -2.51. The Kier molecular flexibility index (Phi) is 7.06. The third-order valence-corrected chi connectivity index (χ3v) is 5.00. The van der Waals surface area contributed by atoms with Gasteiger partial charge in [-0.1, -0.05) is 18.2 Å². The van der Waals surface area contributed by atoms with Gasteiger partial charge in [-0.3, -0.25) is 4.90 Å². The topological polar surface area (TPSA) is 77.8 Å². The van der Waals surface area contributed by atoms with Gasteiger partial charge in [-0.15, -0.1) is 11.3 Å². The summed E-state index contributed by atoms with van der Waals surface area (Å²) in [5.41, 5.74) is 2.21. The molecule has 0 spiro atoms. The van der Waals surface area contributed by atoms with Crippen molar-refractivity contribution in [3.63, 3.8) is 0 Å². The van der Waals surface area contributed by atoms with Crippen molar-refractivity contribution < 1.29 is 24.2 Å². The molecule has 0 radical (unpaired) electrons. The molecular weight excluding hydrogens is 357 g/mol. The number of nitrogens with zero attached hydrogens (tertiary/aromatic N) is 1. The summed E-state index contributed by atoms with van der Waals surface area (Å²) in [6.45, 7) is 3.86. The first-order valence-electron chi connectivity index (χ1n) is 8.03. The molecule has 0 amide bonds. The minimum Gasteiger partial charge on any atom is -0.478 e. The predicted octanol–water partition coefficient (Wildman–Crippen LogP) is 3.55. The van der Waals surface area contributed by atoms with Gasteiger partial charge < -0.3 is 10.2 Å². The zero-order valence-electron chi connectivity index (χ0n) is 14.3. The highest BCUT2D eigenvalue weighted by Crippen LogP contribution is 2.28. The highest BCUT2D eigenvalue weighted by molar-refractivity contribution is 7.10. The van der Waals surface area contributed by atoms with Crippen molar-refractivity contribution in [1.29, 1.82) is 0 Å². The van der Waals surface area contributed by atoms with Crippen molar-refractivity contribution in [2.75, 3.05) is 0 Å². The number of fused-ring (bicyclic) bond motifs is 1. The number of rotatable bonds is 4. The molecule has 1 atom stereocenters. The fourth-order valence-electron chi connectivity index (χ4n) is 2.66. The van der Waals surface area contributed by atoms with Gasteiger partial charge in [0, 0.05) is 41.7 Å². The van der Waals surface area contributed by atoms with E-state index in [-0.39, 0.29) is 5.82 Å². The van der Waals surface area contributed by atoms with Crippen LogP contribution in [0.4, 0.5) is 4.39 Å². The van der Waals surface area contributed by atoms with E-state index < -0.39 is 11.9 Å². The summed E-state index contributed by atoms with van der Waals surface area (Å²) >= 11 is 1.84. The predicted molar refractivity (Wildman–Crippen MR) is 97.5 cm³/mol. The Morgan fingerprint density at radius 3 is 2.50 bits per heavy atom. The smallest absolute Gasteiger partial charge is 0.328 e. The van der Waals surface area contributed by atoms with Crippen LogP contribution in [0.15, 0.2) is 47.9 Å². The fourth-order valence-corrected chi connectivity index (χ4v) is 3.68. The van der Waals surface area contributed by atoms with Gasteiger partial charge in [0.25, 0.3) is 0 Å². The summed E-state index contributed by atoms with van der Waals surface area (Å²) in [6.07, 6.45) is 2.20. The molecule has 1 aromatic carbocycles. The number of carbonyl (C=O) groups is 2. The van der Waals surface area contributed by atoms with Crippen molar-refractivity contribution in [2.24, 2.45) is 0 Å². The second-order valence-electron chi connectivity index (χ2n) is 5.93. The molecule has 1 aliphatic rings. The fraction of sp³-hybridized carbons (Fsp3) is 0.263. The molecule has 0 fully saturated rings. The average molecular weight is 377 g/mol. The highest BCUT2D eigenvalue weighted by Gasteiger charge is 2.24. The Labute approximate surface area is 155 Å². The van der Waals surface area contributed by atoms with Gasteiger partial charge in [-0.2, -0.15) is 0 Å². The van der Waals surface area contributed by atoms with E-state index in [0.29, 0.717) is 24.7 Å². The maximum atomic E-state index is 13.7. The average Bonchev–Trinajstić information content (AvgIpc) is 3.03. The van der Waals surface area contributed by atoms with E-state index in [0.717, 1.165) is 18.5 Å². The molecular formula is C19H20FNO4S. The van der Waals surface area contributed by atoms with Crippen molar-refractivity contribution in [3.8, 4) is 0 Å². The molecule has 3 rings (SSSR count). The van der Waals surface area contributed by atoms with Gasteiger partial charge in [0.1, 0.15) is 5.82 Å². The molecule has 2 heterocycles. The summed E-state index contributed by atoms with van der Waals surface area (Å²) in [6, 6.07) is 9.75. The lowest BCUT2D eigenvalue weighted by Crippen LogP contribution is -2.37. The summed E-state index contributed by atoms with van der Waals surface area (Å²) in [7, 11) is 0. The first kappa shape index (κ1) is 19.8. The number of aliphatic carboxylic acids is 2. The molecule has 0 bridgehead atoms. The lowest BCUT2D eigenvalue weighted by Gasteiger charge is -2.33. The van der Waals surface area contributed by atoms with E-state index >= 15 is 0 Å². The van der Waals surface area contributed by atoms with Crippen LogP contribution >= 0.6 is 11.3 Å². The summed E-state index contributed by atoms with van der Waals surface area (Å²) in [5.74, 6) is -2.61. The van der Waals surface area contributed by atoms with Crippen LogP contribution in [0, 0.1) is 5.82 Å². The lowest BCUT2D eigenvalue weighted by atomic mass is 10.0. The van der Waals surface area contributed by atoms with E-state index in [1.807, 2.05) is 23.5 Å². The Bertz CT molecular complexity index is 786. The number of hydrogen-bond acceptors (Lipinski definition) is 4. The molecule has 0 saturated carbocycles. The van der Waals surface area contributed by atoms with E-state index in [9.17, 15) is 14.0 Å². The van der Waals surface area contributed by atoms with Gasteiger partial charge in [-0.25, -0.2) is 14.0 Å². The molecule has 7 heteroatoms. The molecule has 0 saturated heterocycles. The van der Waals surface area contributed by atoms with Crippen LogP contribution in [-0.2, 0) is 29.1 Å². The molecule has 2 N–H and O–H groups in total. The molecule has 5 nitrogen and oxygen atoms in total. The first-order chi connectivity index (χ1) is 12.4. The van der Waals surface area contributed by atoms with Gasteiger partial charge in [0.2, 0.25) is 0 Å².